The Balaban J connectivity index is 2.56. The molecule has 2 aromatic carbocycles. The van der Waals surface area contributed by atoms with Crippen molar-refractivity contribution in [3.63, 3.8) is 0 Å². The summed E-state index contributed by atoms with van der Waals surface area (Å²) >= 11 is 6.08. The van der Waals surface area contributed by atoms with Crippen LogP contribution in [-0.2, 0) is 10.0 Å². The van der Waals surface area contributed by atoms with Gasteiger partial charge in [-0.1, -0.05) is 29.8 Å². The lowest BCUT2D eigenvalue weighted by molar-refractivity contribution is -0.385. The van der Waals surface area contributed by atoms with Crippen molar-refractivity contribution < 1.29 is 13.3 Å². The first kappa shape index (κ1) is 18.0. The molecule has 0 radical (unpaired) electrons. The number of halogens is 1. The molecule has 0 aromatic heterocycles. The fourth-order valence-corrected chi connectivity index (χ4v) is 3.72. The molecule has 126 valence electrons. The first-order valence-corrected chi connectivity index (χ1v) is 8.73. The van der Waals surface area contributed by atoms with Gasteiger partial charge < -0.3 is 0 Å². The SMILES string of the molecule is C=CCN(c1ccc(C)c(Cl)c1)S(=O)(=O)c1cccc([N+](=O)[O-])c1. The van der Waals surface area contributed by atoms with Gasteiger partial charge in [0.2, 0.25) is 0 Å². The highest BCUT2D eigenvalue weighted by Gasteiger charge is 2.26. The smallest absolute Gasteiger partial charge is 0.262 e. The number of nitro benzene ring substituents is 1. The number of benzene rings is 2. The first-order valence-electron chi connectivity index (χ1n) is 6.91. The zero-order valence-electron chi connectivity index (χ0n) is 12.8. The molecule has 0 heterocycles. The van der Waals surface area contributed by atoms with Crippen molar-refractivity contribution in [3.05, 3.63) is 75.8 Å². The Morgan fingerprint density at radius 1 is 1.29 bits per heavy atom. The third-order valence-corrected chi connectivity index (χ3v) is 5.55. The van der Waals surface area contributed by atoms with Crippen LogP contribution in [0.1, 0.15) is 5.56 Å². The molecule has 0 unspecified atom stereocenters. The van der Waals surface area contributed by atoms with E-state index in [2.05, 4.69) is 6.58 Å². The molecule has 0 fully saturated rings. The predicted molar refractivity (Wildman–Crippen MR) is 94.0 cm³/mol. The lowest BCUT2D eigenvalue weighted by Crippen LogP contribution is -2.31. The molecule has 2 rings (SSSR count). The van der Waals surface area contributed by atoms with Gasteiger partial charge in [0.05, 0.1) is 22.1 Å². The molecule has 0 atom stereocenters. The molecule has 8 heteroatoms. The van der Waals surface area contributed by atoms with Gasteiger partial charge in [-0.2, -0.15) is 0 Å². The minimum Gasteiger partial charge on any atom is -0.262 e. The van der Waals surface area contributed by atoms with Gasteiger partial charge in [0.15, 0.2) is 0 Å². The number of non-ortho nitro benzene ring substituents is 1. The highest BCUT2D eigenvalue weighted by molar-refractivity contribution is 7.92. The Morgan fingerprint density at radius 3 is 2.58 bits per heavy atom. The van der Waals surface area contributed by atoms with E-state index in [1.165, 1.54) is 30.3 Å². The van der Waals surface area contributed by atoms with Gasteiger partial charge in [0.1, 0.15) is 0 Å². The van der Waals surface area contributed by atoms with E-state index in [4.69, 9.17) is 11.6 Å². The van der Waals surface area contributed by atoms with Gasteiger partial charge in [-0.3, -0.25) is 14.4 Å². The average molecular weight is 367 g/mol. The second kappa shape index (κ2) is 7.02. The average Bonchev–Trinajstić information content (AvgIpc) is 2.55. The maximum atomic E-state index is 12.9. The molecule has 0 bridgehead atoms. The topological polar surface area (TPSA) is 80.5 Å². The Labute approximate surface area is 145 Å². The number of aryl methyl sites for hydroxylation is 1. The van der Waals surface area contributed by atoms with Crippen LogP contribution < -0.4 is 4.31 Å². The van der Waals surface area contributed by atoms with Gasteiger partial charge >= 0.3 is 0 Å². The molecule has 2 aromatic rings. The summed E-state index contributed by atoms with van der Waals surface area (Å²) in [5, 5.41) is 11.3. The largest absolute Gasteiger partial charge is 0.270 e. The van der Waals surface area contributed by atoms with Crippen LogP contribution in [0.4, 0.5) is 11.4 Å². The minimum atomic E-state index is -4.00. The molecule has 0 aliphatic heterocycles. The molecule has 0 amide bonds. The second-order valence-corrected chi connectivity index (χ2v) is 7.28. The second-order valence-electron chi connectivity index (χ2n) is 5.01. The summed E-state index contributed by atoms with van der Waals surface area (Å²) < 4.78 is 26.9. The summed E-state index contributed by atoms with van der Waals surface area (Å²) in [5.41, 5.74) is 0.875. The zero-order valence-corrected chi connectivity index (χ0v) is 14.4. The van der Waals surface area contributed by atoms with Crippen LogP contribution in [0.5, 0.6) is 0 Å². The highest BCUT2D eigenvalue weighted by atomic mass is 35.5. The maximum Gasteiger partial charge on any atom is 0.270 e. The van der Waals surface area contributed by atoms with Crippen molar-refractivity contribution in [3.8, 4) is 0 Å². The van der Waals surface area contributed by atoms with E-state index in [9.17, 15) is 18.5 Å². The summed E-state index contributed by atoms with van der Waals surface area (Å²) in [6.45, 7) is 5.38. The van der Waals surface area contributed by atoms with Gasteiger partial charge in [-0.15, -0.1) is 6.58 Å². The molecular weight excluding hydrogens is 352 g/mol. The Hall–Kier alpha value is -2.38. The first-order chi connectivity index (χ1) is 11.3. The fraction of sp³-hybridized carbons (Fsp3) is 0.125. The molecule has 0 saturated heterocycles. The minimum absolute atomic E-state index is 0.00438. The van der Waals surface area contributed by atoms with Gasteiger partial charge in [-0.25, -0.2) is 8.42 Å². The van der Waals surface area contributed by atoms with Crippen molar-refractivity contribution in [2.75, 3.05) is 10.8 Å². The maximum absolute atomic E-state index is 12.9. The van der Waals surface area contributed by atoms with Gasteiger partial charge in [0, 0.05) is 17.2 Å². The van der Waals surface area contributed by atoms with Crippen LogP contribution in [0, 0.1) is 17.0 Å². The Morgan fingerprint density at radius 2 is 2.00 bits per heavy atom. The molecule has 24 heavy (non-hydrogen) atoms. The van der Waals surface area contributed by atoms with E-state index in [1.807, 2.05) is 0 Å². The third-order valence-electron chi connectivity index (χ3n) is 3.35. The number of nitro groups is 1. The number of hydrogen-bond acceptors (Lipinski definition) is 4. The number of nitrogens with zero attached hydrogens (tertiary/aromatic N) is 2. The van der Waals surface area contributed by atoms with E-state index in [0.717, 1.165) is 15.9 Å². The van der Waals surface area contributed by atoms with Gasteiger partial charge in [-0.05, 0) is 30.7 Å². The van der Waals surface area contributed by atoms with E-state index in [0.29, 0.717) is 10.7 Å². The lowest BCUT2D eigenvalue weighted by atomic mass is 10.2. The van der Waals surface area contributed by atoms with Crippen molar-refractivity contribution in [2.24, 2.45) is 0 Å². The predicted octanol–water partition coefficient (Wildman–Crippen LogP) is 3.94. The van der Waals surface area contributed by atoms with Crippen molar-refractivity contribution in [2.45, 2.75) is 11.8 Å². The standard InChI is InChI=1S/C16H15ClN2O4S/c1-3-9-18(13-8-7-12(2)16(17)11-13)24(22,23)15-6-4-5-14(10-15)19(20)21/h3-8,10-11H,1,9H2,2H3. The number of sulfonamides is 1. The Kier molecular flexibility index (Phi) is 5.26. The molecule has 0 aliphatic carbocycles. The number of anilines is 1. The molecule has 0 N–H and O–H groups in total. The third kappa shape index (κ3) is 3.58. The van der Waals surface area contributed by atoms with Crippen molar-refractivity contribution in [1.29, 1.82) is 0 Å². The van der Waals surface area contributed by atoms with E-state index in [-0.39, 0.29) is 17.1 Å². The van der Waals surface area contributed by atoms with Crippen LogP contribution in [0.2, 0.25) is 5.02 Å². The van der Waals surface area contributed by atoms with Crippen molar-refractivity contribution >= 4 is 33.0 Å². The van der Waals surface area contributed by atoms with E-state index < -0.39 is 14.9 Å². The zero-order chi connectivity index (χ0) is 17.9. The highest BCUT2D eigenvalue weighted by Crippen LogP contribution is 2.29. The number of hydrogen-bond donors (Lipinski definition) is 0. The molecule has 0 aliphatic rings. The summed E-state index contributed by atoms with van der Waals surface area (Å²) in [7, 11) is -4.00. The van der Waals surface area contributed by atoms with Crippen LogP contribution in [-0.4, -0.2) is 19.9 Å². The van der Waals surface area contributed by atoms with Crippen LogP contribution in [0.15, 0.2) is 60.0 Å². The van der Waals surface area contributed by atoms with Crippen LogP contribution in [0.3, 0.4) is 0 Å². The lowest BCUT2D eigenvalue weighted by Gasteiger charge is -2.23. The molecule has 0 saturated carbocycles. The van der Waals surface area contributed by atoms with E-state index >= 15 is 0 Å². The summed E-state index contributed by atoms with van der Waals surface area (Å²) in [5.74, 6) is 0. The fourth-order valence-electron chi connectivity index (χ4n) is 2.08. The van der Waals surface area contributed by atoms with Crippen molar-refractivity contribution in [1.82, 2.24) is 0 Å². The summed E-state index contributed by atoms with van der Waals surface area (Å²) in [6.07, 6.45) is 1.43. The molecule has 6 nitrogen and oxygen atoms in total. The molecular formula is C16H15ClN2O4S. The Bertz CT molecular complexity index is 897. The van der Waals surface area contributed by atoms with Gasteiger partial charge in [0.25, 0.3) is 15.7 Å². The van der Waals surface area contributed by atoms with E-state index in [1.54, 1.807) is 19.1 Å². The van der Waals surface area contributed by atoms with Crippen LogP contribution in [0.25, 0.3) is 0 Å². The van der Waals surface area contributed by atoms with Crippen LogP contribution >= 0.6 is 11.6 Å². The summed E-state index contributed by atoms with van der Waals surface area (Å²) in [4.78, 5) is 10.1. The normalized spacial score (nSPS) is 11.1. The summed E-state index contributed by atoms with van der Waals surface area (Å²) in [6, 6.07) is 9.78. The molecule has 0 spiro atoms. The quantitative estimate of drug-likeness (QED) is 0.440. The monoisotopic (exact) mass is 366 g/mol. The number of rotatable bonds is 6.